The molecule has 0 heterocycles. The van der Waals surface area contributed by atoms with Crippen molar-refractivity contribution in [3.63, 3.8) is 0 Å². The van der Waals surface area contributed by atoms with Crippen LogP contribution in [0.1, 0.15) is 24.1 Å². The summed E-state index contributed by atoms with van der Waals surface area (Å²) in [5.74, 6) is -1.23. The van der Waals surface area contributed by atoms with Crippen molar-refractivity contribution in [3.8, 4) is 11.5 Å². The first-order valence-corrected chi connectivity index (χ1v) is 6.55. The standard InChI is InChI=1S/C16H17F2NO2/c1-10(12-4-6-15(20)16(8-12)21-2)19-9-11-3-5-13(17)14(18)7-11/h3-8,10,19-20H,9H2,1-2H3. The van der Waals surface area contributed by atoms with Gasteiger partial charge in [-0.2, -0.15) is 0 Å². The van der Waals surface area contributed by atoms with Gasteiger partial charge in [0.1, 0.15) is 0 Å². The van der Waals surface area contributed by atoms with Crippen LogP contribution >= 0.6 is 0 Å². The zero-order chi connectivity index (χ0) is 15.4. The SMILES string of the molecule is COc1cc(C(C)NCc2ccc(F)c(F)c2)ccc1O. The molecule has 0 spiro atoms. The van der Waals surface area contributed by atoms with Gasteiger partial charge in [-0.15, -0.1) is 0 Å². The minimum Gasteiger partial charge on any atom is -0.504 e. The fourth-order valence-electron chi connectivity index (χ4n) is 2.00. The number of ether oxygens (including phenoxy) is 1. The molecule has 1 atom stereocenters. The number of aromatic hydroxyl groups is 1. The van der Waals surface area contributed by atoms with E-state index in [9.17, 15) is 13.9 Å². The molecule has 3 nitrogen and oxygen atoms in total. The maximum Gasteiger partial charge on any atom is 0.160 e. The number of hydrogen-bond donors (Lipinski definition) is 2. The average molecular weight is 293 g/mol. The molecule has 0 aliphatic carbocycles. The van der Waals surface area contributed by atoms with Crippen LogP contribution in [0.4, 0.5) is 8.78 Å². The predicted octanol–water partition coefficient (Wildman–Crippen LogP) is 3.53. The van der Waals surface area contributed by atoms with E-state index in [0.717, 1.165) is 11.6 Å². The van der Waals surface area contributed by atoms with Crippen LogP contribution in [0.3, 0.4) is 0 Å². The second-order valence-electron chi connectivity index (χ2n) is 4.78. The lowest BCUT2D eigenvalue weighted by Crippen LogP contribution is -2.18. The topological polar surface area (TPSA) is 41.5 Å². The molecule has 0 fully saturated rings. The van der Waals surface area contributed by atoms with Gasteiger partial charge in [0.2, 0.25) is 0 Å². The van der Waals surface area contributed by atoms with Crippen molar-refractivity contribution in [2.45, 2.75) is 19.5 Å². The van der Waals surface area contributed by atoms with Crippen LogP contribution in [0.5, 0.6) is 11.5 Å². The van der Waals surface area contributed by atoms with Crippen LogP contribution in [0.15, 0.2) is 36.4 Å². The molecule has 21 heavy (non-hydrogen) atoms. The number of nitrogens with one attached hydrogen (secondary N) is 1. The van der Waals surface area contributed by atoms with Gasteiger partial charge in [-0.25, -0.2) is 8.78 Å². The Morgan fingerprint density at radius 1 is 1.14 bits per heavy atom. The summed E-state index contributed by atoms with van der Waals surface area (Å²) in [5, 5.41) is 12.8. The number of phenolic OH excluding ortho intramolecular Hbond substituents is 1. The Kier molecular flexibility index (Phi) is 4.75. The Morgan fingerprint density at radius 2 is 1.90 bits per heavy atom. The molecular weight excluding hydrogens is 276 g/mol. The van der Waals surface area contributed by atoms with E-state index in [2.05, 4.69) is 5.32 Å². The van der Waals surface area contributed by atoms with E-state index >= 15 is 0 Å². The van der Waals surface area contributed by atoms with Gasteiger partial charge >= 0.3 is 0 Å². The molecule has 0 saturated carbocycles. The second kappa shape index (κ2) is 6.54. The first-order chi connectivity index (χ1) is 10.0. The summed E-state index contributed by atoms with van der Waals surface area (Å²) in [5.41, 5.74) is 1.58. The molecule has 0 aliphatic heterocycles. The van der Waals surface area contributed by atoms with E-state index in [1.165, 1.54) is 19.2 Å². The highest BCUT2D eigenvalue weighted by Crippen LogP contribution is 2.28. The van der Waals surface area contributed by atoms with Crippen LogP contribution in [0.2, 0.25) is 0 Å². The molecule has 112 valence electrons. The molecule has 0 aromatic heterocycles. The van der Waals surface area contributed by atoms with E-state index < -0.39 is 11.6 Å². The number of benzene rings is 2. The highest BCUT2D eigenvalue weighted by molar-refractivity contribution is 5.42. The molecule has 1 unspecified atom stereocenters. The zero-order valence-corrected chi connectivity index (χ0v) is 11.9. The monoisotopic (exact) mass is 293 g/mol. The molecular formula is C16H17F2NO2. The fourth-order valence-corrected chi connectivity index (χ4v) is 2.00. The Balaban J connectivity index is 2.04. The van der Waals surface area contributed by atoms with Crippen molar-refractivity contribution in [2.24, 2.45) is 0 Å². The summed E-state index contributed by atoms with van der Waals surface area (Å²) < 4.78 is 31.0. The van der Waals surface area contributed by atoms with Crippen LogP contribution < -0.4 is 10.1 Å². The summed E-state index contributed by atoms with van der Waals surface area (Å²) in [4.78, 5) is 0. The molecule has 5 heteroatoms. The predicted molar refractivity (Wildman–Crippen MR) is 76.3 cm³/mol. The van der Waals surface area contributed by atoms with Crippen LogP contribution in [-0.4, -0.2) is 12.2 Å². The lowest BCUT2D eigenvalue weighted by atomic mass is 10.1. The summed E-state index contributed by atoms with van der Waals surface area (Å²) >= 11 is 0. The van der Waals surface area contributed by atoms with Gasteiger partial charge in [0.15, 0.2) is 23.1 Å². The molecule has 0 radical (unpaired) electrons. The smallest absolute Gasteiger partial charge is 0.160 e. The van der Waals surface area contributed by atoms with E-state index in [1.54, 1.807) is 18.2 Å². The van der Waals surface area contributed by atoms with E-state index in [-0.39, 0.29) is 11.8 Å². The molecule has 0 aliphatic rings. The van der Waals surface area contributed by atoms with Gasteiger partial charge < -0.3 is 15.2 Å². The van der Waals surface area contributed by atoms with Crippen LogP contribution in [0.25, 0.3) is 0 Å². The Hall–Kier alpha value is -2.14. The highest BCUT2D eigenvalue weighted by Gasteiger charge is 2.09. The van der Waals surface area contributed by atoms with E-state index in [4.69, 9.17) is 4.74 Å². The third-order valence-electron chi connectivity index (χ3n) is 3.30. The van der Waals surface area contributed by atoms with Crippen molar-refractivity contribution >= 4 is 0 Å². The Morgan fingerprint density at radius 3 is 2.57 bits per heavy atom. The first-order valence-electron chi connectivity index (χ1n) is 6.55. The summed E-state index contributed by atoms with van der Waals surface area (Å²) in [6.45, 7) is 2.34. The lowest BCUT2D eigenvalue weighted by Gasteiger charge is -2.16. The Bertz CT molecular complexity index is 632. The van der Waals surface area contributed by atoms with Crippen molar-refractivity contribution < 1.29 is 18.6 Å². The normalized spacial score (nSPS) is 12.2. The zero-order valence-electron chi connectivity index (χ0n) is 11.9. The number of hydrogen-bond acceptors (Lipinski definition) is 3. The van der Waals surface area contributed by atoms with Crippen molar-refractivity contribution in [1.82, 2.24) is 5.32 Å². The third-order valence-corrected chi connectivity index (χ3v) is 3.30. The van der Waals surface area contributed by atoms with Gasteiger partial charge in [-0.1, -0.05) is 12.1 Å². The van der Waals surface area contributed by atoms with Crippen molar-refractivity contribution in [1.29, 1.82) is 0 Å². The van der Waals surface area contributed by atoms with E-state index in [1.807, 2.05) is 6.92 Å². The maximum absolute atomic E-state index is 13.1. The summed E-state index contributed by atoms with van der Waals surface area (Å²) in [6, 6.07) is 8.86. The number of methoxy groups -OCH3 is 1. The maximum atomic E-state index is 13.1. The first kappa shape index (κ1) is 15.3. The molecule has 2 rings (SSSR count). The van der Waals surface area contributed by atoms with Gasteiger partial charge in [-0.05, 0) is 42.3 Å². The van der Waals surface area contributed by atoms with Crippen molar-refractivity contribution in [2.75, 3.05) is 7.11 Å². The van der Waals surface area contributed by atoms with Crippen molar-refractivity contribution in [3.05, 3.63) is 59.2 Å². The largest absolute Gasteiger partial charge is 0.504 e. The average Bonchev–Trinajstić information content (AvgIpc) is 2.48. The minimum atomic E-state index is -0.853. The van der Waals surface area contributed by atoms with Crippen LogP contribution in [-0.2, 0) is 6.54 Å². The Labute approximate surface area is 122 Å². The number of rotatable bonds is 5. The molecule has 2 aromatic rings. The minimum absolute atomic E-state index is 0.0346. The number of halogens is 2. The summed E-state index contributed by atoms with van der Waals surface area (Å²) in [7, 11) is 1.48. The van der Waals surface area contributed by atoms with E-state index in [0.29, 0.717) is 17.9 Å². The summed E-state index contributed by atoms with van der Waals surface area (Å²) in [6.07, 6.45) is 0. The third kappa shape index (κ3) is 3.70. The molecule has 0 saturated heterocycles. The fraction of sp³-hybridized carbons (Fsp3) is 0.250. The number of phenols is 1. The molecule has 2 N–H and O–H groups in total. The quantitative estimate of drug-likeness (QED) is 0.886. The highest BCUT2D eigenvalue weighted by atomic mass is 19.2. The van der Waals surface area contributed by atoms with Gasteiger partial charge in [0.25, 0.3) is 0 Å². The second-order valence-corrected chi connectivity index (χ2v) is 4.78. The van der Waals surface area contributed by atoms with Gasteiger partial charge in [0, 0.05) is 12.6 Å². The molecule has 0 amide bonds. The molecule has 2 aromatic carbocycles. The van der Waals surface area contributed by atoms with Crippen LogP contribution in [0, 0.1) is 11.6 Å². The molecule has 0 bridgehead atoms. The van der Waals surface area contributed by atoms with Gasteiger partial charge in [0.05, 0.1) is 7.11 Å². The lowest BCUT2D eigenvalue weighted by molar-refractivity contribution is 0.372. The van der Waals surface area contributed by atoms with Gasteiger partial charge in [-0.3, -0.25) is 0 Å².